The van der Waals surface area contributed by atoms with E-state index in [4.69, 9.17) is 11.6 Å². The van der Waals surface area contributed by atoms with Crippen LogP contribution in [0.5, 0.6) is 0 Å². The molecule has 35 heavy (non-hydrogen) atoms. The topological polar surface area (TPSA) is 88.5 Å². The van der Waals surface area contributed by atoms with Crippen molar-refractivity contribution >= 4 is 39.0 Å². The van der Waals surface area contributed by atoms with E-state index >= 15 is 0 Å². The molecular weight excluding hydrogens is 503 g/mol. The number of carbonyl (C=O) groups is 1. The first-order valence-electron chi connectivity index (χ1n) is 11.3. The summed E-state index contributed by atoms with van der Waals surface area (Å²) in [5.41, 5.74) is 0.358. The van der Waals surface area contributed by atoms with Crippen molar-refractivity contribution in [2.24, 2.45) is 22.7 Å². The highest BCUT2D eigenvalue weighted by atomic mass is 35.5. The van der Waals surface area contributed by atoms with E-state index in [1.165, 1.54) is 18.2 Å². The van der Waals surface area contributed by atoms with E-state index in [0.29, 0.717) is 40.6 Å². The molecule has 1 aromatic heterocycles. The predicted molar refractivity (Wildman–Crippen MR) is 127 cm³/mol. The van der Waals surface area contributed by atoms with Gasteiger partial charge in [0.1, 0.15) is 11.6 Å². The van der Waals surface area contributed by atoms with Gasteiger partial charge in [-0.1, -0.05) is 17.7 Å². The third kappa shape index (κ3) is 8.03. The number of nitrogens with one attached hydrogen (secondary N) is 1. The van der Waals surface area contributed by atoms with Gasteiger partial charge in [-0.2, -0.15) is 13.2 Å². The highest BCUT2D eigenvalue weighted by Crippen LogP contribution is 2.50. The fourth-order valence-corrected chi connectivity index (χ4v) is 5.53. The van der Waals surface area contributed by atoms with Gasteiger partial charge in [-0.15, -0.1) is 0 Å². The number of amides is 1. The number of hydrogen-bond donors (Lipinski definition) is 1. The van der Waals surface area contributed by atoms with E-state index in [0.717, 1.165) is 25.7 Å². The summed E-state index contributed by atoms with van der Waals surface area (Å²) in [4.78, 5) is 21.5. The quantitative estimate of drug-likeness (QED) is 0.344. The molecule has 6 nitrogen and oxygen atoms in total. The SMILES string of the molecule is O=C(NC(CC(C1CC1)C1CC1)=Nc1cccc(CS(=O)(=O)CC(F)(F)F)n1)c1ccc(Cl)cc1. The van der Waals surface area contributed by atoms with Crippen LogP contribution in [0.4, 0.5) is 19.0 Å². The minimum atomic E-state index is -4.83. The minimum Gasteiger partial charge on any atom is -0.310 e. The minimum absolute atomic E-state index is 0.0418. The highest BCUT2D eigenvalue weighted by Gasteiger charge is 2.42. The van der Waals surface area contributed by atoms with Crippen LogP contribution in [0.15, 0.2) is 47.5 Å². The largest absolute Gasteiger partial charge is 0.402 e. The second-order valence-electron chi connectivity index (χ2n) is 9.20. The molecule has 11 heteroatoms. The number of halogens is 4. The molecule has 2 saturated carbocycles. The number of sulfone groups is 1. The number of pyridine rings is 1. The Morgan fingerprint density at radius 2 is 1.71 bits per heavy atom. The average Bonchev–Trinajstić information content (AvgIpc) is 3.65. The summed E-state index contributed by atoms with van der Waals surface area (Å²) in [7, 11) is -4.44. The second-order valence-corrected chi connectivity index (χ2v) is 11.7. The number of rotatable bonds is 9. The zero-order chi connectivity index (χ0) is 25.2. The Hall–Kier alpha value is -2.46. The molecule has 0 atom stereocenters. The molecule has 0 radical (unpaired) electrons. The molecule has 0 spiro atoms. The molecule has 1 heterocycles. The molecule has 1 N–H and O–H groups in total. The van der Waals surface area contributed by atoms with Crippen molar-refractivity contribution in [2.75, 3.05) is 5.75 Å². The van der Waals surface area contributed by atoms with Gasteiger partial charge in [-0.25, -0.2) is 18.4 Å². The Morgan fingerprint density at radius 3 is 2.29 bits per heavy atom. The predicted octanol–water partition coefficient (Wildman–Crippen LogP) is 5.50. The number of amidine groups is 1. The first-order chi connectivity index (χ1) is 16.5. The normalized spacial score (nSPS) is 17.0. The van der Waals surface area contributed by atoms with E-state index in [-0.39, 0.29) is 17.4 Å². The molecule has 2 aliphatic rings. The Kier molecular flexibility index (Phi) is 7.51. The van der Waals surface area contributed by atoms with Crippen LogP contribution < -0.4 is 5.32 Å². The van der Waals surface area contributed by atoms with Crippen molar-refractivity contribution < 1.29 is 26.4 Å². The molecule has 0 saturated heterocycles. The summed E-state index contributed by atoms with van der Waals surface area (Å²) in [6, 6.07) is 10.8. The van der Waals surface area contributed by atoms with Crippen molar-refractivity contribution in [3.05, 3.63) is 58.7 Å². The Balaban J connectivity index is 1.56. The van der Waals surface area contributed by atoms with Gasteiger partial charge in [0.2, 0.25) is 0 Å². The molecule has 4 rings (SSSR count). The van der Waals surface area contributed by atoms with Crippen LogP contribution in [0.2, 0.25) is 5.02 Å². The van der Waals surface area contributed by atoms with Crippen molar-refractivity contribution in [2.45, 2.75) is 44.0 Å². The number of hydrogen-bond acceptors (Lipinski definition) is 5. The maximum absolute atomic E-state index is 12.9. The lowest BCUT2D eigenvalue weighted by Crippen LogP contribution is -2.32. The third-order valence-corrected chi connectivity index (χ3v) is 7.80. The third-order valence-electron chi connectivity index (χ3n) is 6.04. The van der Waals surface area contributed by atoms with E-state index in [1.807, 2.05) is 0 Å². The maximum Gasteiger partial charge on any atom is 0.402 e. The van der Waals surface area contributed by atoms with Gasteiger partial charge >= 0.3 is 6.18 Å². The fraction of sp³-hybridized carbons (Fsp3) is 0.458. The number of alkyl halides is 3. The Morgan fingerprint density at radius 1 is 1.09 bits per heavy atom. The number of carbonyl (C=O) groups excluding carboxylic acids is 1. The van der Waals surface area contributed by atoms with Crippen molar-refractivity contribution in [3.63, 3.8) is 0 Å². The highest BCUT2D eigenvalue weighted by molar-refractivity contribution is 7.90. The smallest absolute Gasteiger partial charge is 0.310 e. The Labute approximate surface area is 206 Å². The van der Waals surface area contributed by atoms with Gasteiger partial charge in [0.15, 0.2) is 15.7 Å². The summed E-state index contributed by atoms with van der Waals surface area (Å²) in [5, 5.41) is 3.36. The van der Waals surface area contributed by atoms with E-state index in [1.54, 1.807) is 24.3 Å². The van der Waals surface area contributed by atoms with Crippen LogP contribution in [0.1, 0.15) is 48.2 Å². The fourth-order valence-electron chi connectivity index (χ4n) is 4.19. The van der Waals surface area contributed by atoms with Gasteiger partial charge in [-0.3, -0.25) is 4.79 Å². The van der Waals surface area contributed by atoms with Crippen LogP contribution in [-0.2, 0) is 15.6 Å². The zero-order valence-electron chi connectivity index (χ0n) is 18.8. The van der Waals surface area contributed by atoms with E-state index in [9.17, 15) is 26.4 Å². The van der Waals surface area contributed by atoms with Gasteiger partial charge < -0.3 is 5.32 Å². The molecule has 2 aliphatic carbocycles. The van der Waals surface area contributed by atoms with Crippen molar-refractivity contribution in [3.8, 4) is 0 Å². The summed E-state index contributed by atoms with van der Waals surface area (Å²) < 4.78 is 61.6. The van der Waals surface area contributed by atoms with E-state index < -0.39 is 27.5 Å². The van der Waals surface area contributed by atoms with Gasteiger partial charge in [0.05, 0.1) is 11.4 Å². The second kappa shape index (κ2) is 10.3. The van der Waals surface area contributed by atoms with Crippen LogP contribution in [0, 0.1) is 17.8 Å². The first-order valence-corrected chi connectivity index (χ1v) is 13.5. The number of aromatic nitrogens is 1. The molecule has 2 fully saturated rings. The monoisotopic (exact) mass is 527 g/mol. The number of aliphatic imine (C=N–C) groups is 1. The summed E-state index contributed by atoms with van der Waals surface area (Å²) in [5.74, 6) is -1.04. The van der Waals surface area contributed by atoms with Crippen LogP contribution in [0.25, 0.3) is 0 Å². The lowest BCUT2D eigenvalue weighted by Gasteiger charge is -2.18. The summed E-state index contributed by atoms with van der Waals surface area (Å²) >= 11 is 5.91. The molecule has 1 amide bonds. The lowest BCUT2D eigenvalue weighted by atomic mass is 9.93. The molecule has 0 bridgehead atoms. The van der Waals surface area contributed by atoms with Crippen molar-refractivity contribution in [1.82, 2.24) is 10.3 Å². The van der Waals surface area contributed by atoms with Crippen molar-refractivity contribution in [1.29, 1.82) is 0 Å². The molecule has 1 aromatic carbocycles. The van der Waals surface area contributed by atoms with E-state index in [2.05, 4.69) is 15.3 Å². The molecule has 0 aliphatic heterocycles. The maximum atomic E-state index is 12.9. The lowest BCUT2D eigenvalue weighted by molar-refractivity contribution is -0.106. The Bertz CT molecular complexity index is 1200. The summed E-state index contributed by atoms with van der Waals surface area (Å²) in [6.07, 6.45) is 0.283. The van der Waals surface area contributed by atoms with Crippen LogP contribution in [0.3, 0.4) is 0 Å². The van der Waals surface area contributed by atoms with Gasteiger partial charge in [-0.05, 0) is 79.8 Å². The van der Waals surface area contributed by atoms with Crippen LogP contribution in [-0.4, -0.2) is 37.1 Å². The zero-order valence-corrected chi connectivity index (χ0v) is 20.3. The van der Waals surface area contributed by atoms with Gasteiger partial charge in [0.25, 0.3) is 5.91 Å². The van der Waals surface area contributed by atoms with Crippen LogP contribution >= 0.6 is 11.6 Å². The number of nitrogens with zero attached hydrogens (tertiary/aromatic N) is 2. The molecular formula is C24H25ClF3N3O3S. The molecule has 0 unspecified atom stereocenters. The summed E-state index contributed by atoms with van der Waals surface area (Å²) in [6.45, 7) is 0. The standard InChI is InChI=1S/C24H25ClF3N3O3S/c25-18-10-8-17(9-11-18)23(32)31-22(12-20(15-4-5-15)16-6-7-16)30-21-3-1-2-19(29-21)13-35(33,34)14-24(26,27)28/h1-3,8-11,15-16,20H,4-7,12-14H2,(H,29,30,31,32). The average molecular weight is 528 g/mol. The molecule has 188 valence electrons. The molecule has 2 aromatic rings. The van der Waals surface area contributed by atoms with Gasteiger partial charge in [0, 0.05) is 17.0 Å². The number of benzene rings is 1. The first kappa shape index (κ1) is 25.6.